The summed E-state index contributed by atoms with van der Waals surface area (Å²) in [6, 6.07) is 0. The molecule has 1 unspecified atom stereocenters. The SMILES string of the molecule is COCCCCNC1(C(=O)O)CCSC1. The van der Waals surface area contributed by atoms with Gasteiger partial charge in [0.25, 0.3) is 0 Å². The Morgan fingerprint density at radius 2 is 2.40 bits per heavy atom. The number of thioether (sulfide) groups is 1. The van der Waals surface area contributed by atoms with Gasteiger partial charge in [0.05, 0.1) is 0 Å². The van der Waals surface area contributed by atoms with E-state index in [0.29, 0.717) is 5.75 Å². The molecule has 2 N–H and O–H groups in total. The van der Waals surface area contributed by atoms with Crippen molar-refractivity contribution in [3.05, 3.63) is 0 Å². The van der Waals surface area contributed by atoms with Crippen molar-refractivity contribution >= 4 is 17.7 Å². The molecule has 0 amide bonds. The lowest BCUT2D eigenvalue weighted by molar-refractivity contribution is -0.143. The molecule has 0 aliphatic carbocycles. The van der Waals surface area contributed by atoms with Gasteiger partial charge < -0.3 is 15.2 Å². The van der Waals surface area contributed by atoms with Gasteiger partial charge in [-0.25, -0.2) is 0 Å². The van der Waals surface area contributed by atoms with Gasteiger partial charge in [-0.05, 0) is 31.6 Å². The fourth-order valence-electron chi connectivity index (χ4n) is 1.65. The lowest BCUT2D eigenvalue weighted by Gasteiger charge is -2.24. The standard InChI is InChI=1S/C10H19NO3S/c1-14-6-3-2-5-11-10(9(12)13)4-7-15-8-10/h11H,2-8H2,1H3,(H,12,13). The van der Waals surface area contributed by atoms with Crippen molar-refractivity contribution in [1.82, 2.24) is 5.32 Å². The van der Waals surface area contributed by atoms with E-state index >= 15 is 0 Å². The molecule has 15 heavy (non-hydrogen) atoms. The summed E-state index contributed by atoms with van der Waals surface area (Å²) in [7, 11) is 1.68. The van der Waals surface area contributed by atoms with Crippen molar-refractivity contribution in [2.45, 2.75) is 24.8 Å². The molecule has 1 fully saturated rings. The van der Waals surface area contributed by atoms with Crippen molar-refractivity contribution in [3.8, 4) is 0 Å². The first kappa shape index (κ1) is 12.8. The highest BCUT2D eigenvalue weighted by Crippen LogP contribution is 2.28. The molecule has 5 heteroatoms. The Hall–Kier alpha value is -0.260. The molecule has 1 atom stereocenters. The fraction of sp³-hybridized carbons (Fsp3) is 0.900. The van der Waals surface area contributed by atoms with E-state index in [-0.39, 0.29) is 0 Å². The minimum absolute atomic E-state index is 0.669. The highest BCUT2D eigenvalue weighted by molar-refractivity contribution is 7.99. The van der Waals surface area contributed by atoms with E-state index in [4.69, 9.17) is 9.84 Å². The molecular formula is C10H19NO3S. The lowest BCUT2D eigenvalue weighted by Crippen LogP contribution is -2.52. The molecule has 1 rings (SSSR count). The van der Waals surface area contributed by atoms with Gasteiger partial charge in [0, 0.05) is 19.5 Å². The molecular weight excluding hydrogens is 214 g/mol. The Labute approximate surface area is 94.8 Å². The molecule has 0 spiro atoms. The van der Waals surface area contributed by atoms with Crippen LogP contribution in [0.4, 0.5) is 0 Å². The van der Waals surface area contributed by atoms with Gasteiger partial charge in [-0.15, -0.1) is 0 Å². The Bertz CT molecular complexity index is 205. The molecule has 1 saturated heterocycles. The first-order chi connectivity index (χ1) is 7.21. The number of carboxylic acid groups (broad SMARTS) is 1. The second-order valence-corrected chi connectivity index (χ2v) is 4.92. The average Bonchev–Trinajstić information content (AvgIpc) is 2.67. The van der Waals surface area contributed by atoms with E-state index in [1.165, 1.54) is 0 Å². The molecule has 1 aliphatic rings. The van der Waals surface area contributed by atoms with E-state index in [2.05, 4.69) is 5.32 Å². The summed E-state index contributed by atoms with van der Waals surface area (Å²) in [4.78, 5) is 11.1. The van der Waals surface area contributed by atoms with E-state index in [9.17, 15) is 4.79 Å². The Morgan fingerprint density at radius 3 is 2.93 bits per heavy atom. The third-order valence-electron chi connectivity index (χ3n) is 2.67. The normalized spacial score (nSPS) is 25.7. The third-order valence-corrected chi connectivity index (χ3v) is 3.86. The first-order valence-electron chi connectivity index (χ1n) is 5.26. The maximum absolute atomic E-state index is 11.1. The van der Waals surface area contributed by atoms with E-state index in [1.807, 2.05) is 0 Å². The number of ether oxygens (including phenoxy) is 1. The monoisotopic (exact) mass is 233 g/mol. The van der Waals surface area contributed by atoms with Crippen LogP contribution in [-0.4, -0.2) is 48.4 Å². The van der Waals surface area contributed by atoms with E-state index in [0.717, 1.165) is 38.2 Å². The average molecular weight is 233 g/mol. The number of methoxy groups -OCH3 is 1. The molecule has 0 aromatic rings. The maximum Gasteiger partial charge on any atom is 0.324 e. The predicted molar refractivity (Wildman–Crippen MR) is 61.4 cm³/mol. The van der Waals surface area contributed by atoms with E-state index < -0.39 is 11.5 Å². The van der Waals surface area contributed by atoms with Gasteiger partial charge in [-0.2, -0.15) is 11.8 Å². The zero-order valence-corrected chi connectivity index (χ0v) is 9.94. The fourth-order valence-corrected chi connectivity index (χ4v) is 3.00. The molecule has 0 radical (unpaired) electrons. The minimum Gasteiger partial charge on any atom is -0.480 e. The largest absolute Gasteiger partial charge is 0.480 e. The summed E-state index contributed by atoms with van der Waals surface area (Å²) in [6.45, 7) is 1.51. The summed E-state index contributed by atoms with van der Waals surface area (Å²) in [5.74, 6) is 0.920. The summed E-state index contributed by atoms with van der Waals surface area (Å²) >= 11 is 1.71. The Kier molecular flexibility index (Phi) is 5.42. The van der Waals surface area contributed by atoms with Gasteiger partial charge >= 0.3 is 5.97 Å². The maximum atomic E-state index is 11.1. The third kappa shape index (κ3) is 3.66. The van der Waals surface area contributed by atoms with Gasteiger partial charge in [0.1, 0.15) is 5.54 Å². The molecule has 0 aromatic carbocycles. The lowest BCUT2D eigenvalue weighted by atomic mass is 9.99. The van der Waals surface area contributed by atoms with Crippen molar-refractivity contribution in [2.75, 3.05) is 31.8 Å². The van der Waals surface area contributed by atoms with Gasteiger partial charge in [-0.1, -0.05) is 0 Å². The second-order valence-electron chi connectivity index (χ2n) is 3.82. The summed E-state index contributed by atoms with van der Waals surface area (Å²) in [5, 5.41) is 12.3. The predicted octanol–water partition coefficient (Wildman–Crippen LogP) is 0.963. The Morgan fingerprint density at radius 1 is 1.60 bits per heavy atom. The topological polar surface area (TPSA) is 58.6 Å². The highest BCUT2D eigenvalue weighted by Gasteiger charge is 2.41. The summed E-state index contributed by atoms with van der Waals surface area (Å²) in [6.07, 6.45) is 2.68. The van der Waals surface area contributed by atoms with Crippen molar-refractivity contribution in [1.29, 1.82) is 0 Å². The molecule has 4 nitrogen and oxygen atoms in total. The molecule has 1 heterocycles. The van der Waals surface area contributed by atoms with Gasteiger partial charge in [0.15, 0.2) is 0 Å². The second kappa shape index (κ2) is 6.35. The van der Waals surface area contributed by atoms with Crippen molar-refractivity contribution in [2.24, 2.45) is 0 Å². The van der Waals surface area contributed by atoms with Crippen LogP contribution in [0.15, 0.2) is 0 Å². The number of carbonyl (C=O) groups is 1. The van der Waals surface area contributed by atoms with Crippen LogP contribution in [-0.2, 0) is 9.53 Å². The smallest absolute Gasteiger partial charge is 0.324 e. The van der Waals surface area contributed by atoms with Gasteiger partial charge in [0.2, 0.25) is 0 Å². The molecule has 0 saturated carbocycles. The van der Waals surface area contributed by atoms with Crippen LogP contribution < -0.4 is 5.32 Å². The van der Waals surface area contributed by atoms with Crippen LogP contribution >= 0.6 is 11.8 Å². The summed E-state index contributed by atoms with van der Waals surface area (Å²) < 4.78 is 4.94. The number of carboxylic acids is 1. The number of hydrogen-bond acceptors (Lipinski definition) is 4. The van der Waals surface area contributed by atoms with Gasteiger partial charge in [-0.3, -0.25) is 4.79 Å². The number of unbranched alkanes of at least 4 members (excludes halogenated alkanes) is 1. The minimum atomic E-state index is -0.709. The van der Waals surface area contributed by atoms with Crippen LogP contribution in [0.25, 0.3) is 0 Å². The van der Waals surface area contributed by atoms with Crippen molar-refractivity contribution in [3.63, 3.8) is 0 Å². The highest BCUT2D eigenvalue weighted by atomic mass is 32.2. The molecule has 1 aliphatic heterocycles. The zero-order chi connectivity index (χ0) is 11.1. The number of nitrogens with one attached hydrogen (secondary N) is 1. The van der Waals surface area contributed by atoms with Crippen LogP contribution in [0.5, 0.6) is 0 Å². The van der Waals surface area contributed by atoms with Crippen LogP contribution in [0.2, 0.25) is 0 Å². The van der Waals surface area contributed by atoms with Crippen LogP contribution in [0.3, 0.4) is 0 Å². The van der Waals surface area contributed by atoms with Crippen LogP contribution in [0.1, 0.15) is 19.3 Å². The zero-order valence-electron chi connectivity index (χ0n) is 9.12. The molecule has 88 valence electrons. The van der Waals surface area contributed by atoms with E-state index in [1.54, 1.807) is 18.9 Å². The summed E-state index contributed by atoms with van der Waals surface area (Å²) in [5.41, 5.74) is -0.669. The number of aliphatic carboxylic acids is 1. The first-order valence-corrected chi connectivity index (χ1v) is 6.42. The molecule has 0 aromatic heterocycles. The number of rotatable bonds is 7. The quantitative estimate of drug-likeness (QED) is 0.642. The van der Waals surface area contributed by atoms with Crippen LogP contribution in [0, 0.1) is 0 Å². The number of hydrogen-bond donors (Lipinski definition) is 2. The Balaban J connectivity index is 2.24. The van der Waals surface area contributed by atoms with Crippen molar-refractivity contribution < 1.29 is 14.6 Å². The molecule has 0 bridgehead atoms.